The van der Waals surface area contributed by atoms with E-state index in [-0.39, 0.29) is 41.0 Å². The van der Waals surface area contributed by atoms with Gasteiger partial charge in [0.15, 0.2) is 0 Å². The Morgan fingerprint density at radius 2 is 1.93 bits per heavy atom. The van der Waals surface area contributed by atoms with Crippen LogP contribution in [0.15, 0.2) is 10.7 Å². The first-order chi connectivity index (χ1) is 13.8. The molecule has 0 unspecified atom stereocenters. The number of rotatable bonds is 9. The number of amides is 1. The van der Waals surface area contributed by atoms with Crippen LogP contribution < -0.4 is 5.32 Å². The molecule has 0 radical (unpaired) electrons. The number of hydrogen-bond donors (Lipinski definition) is 1. The van der Waals surface area contributed by atoms with Crippen molar-refractivity contribution in [2.24, 2.45) is 0 Å². The van der Waals surface area contributed by atoms with E-state index >= 15 is 0 Å². The highest BCUT2D eigenvalue weighted by Gasteiger charge is 2.27. The molecule has 0 bridgehead atoms. The standard InChI is InChI=1S/C19H24BrN3O5S/c1-5-9-28-18(25)15-11(3)16(19(26)27-6-2)29-17(15)22-14(24)7-8-23-12(4)13(20)10-21-23/h10H,5-9H2,1-4H3,(H,22,24). The number of ether oxygens (including phenoxy) is 2. The van der Waals surface area contributed by atoms with Crippen LogP contribution in [0.25, 0.3) is 0 Å². The third kappa shape index (κ3) is 5.66. The molecule has 2 rings (SSSR count). The van der Waals surface area contributed by atoms with Gasteiger partial charge in [-0.1, -0.05) is 6.92 Å². The molecule has 2 aromatic heterocycles. The van der Waals surface area contributed by atoms with Gasteiger partial charge in [0.2, 0.25) is 5.91 Å². The van der Waals surface area contributed by atoms with Crippen molar-refractivity contribution >= 4 is 50.1 Å². The maximum absolute atomic E-state index is 12.5. The van der Waals surface area contributed by atoms with Crippen molar-refractivity contribution < 1.29 is 23.9 Å². The maximum atomic E-state index is 12.5. The molecular weight excluding hydrogens is 462 g/mol. The van der Waals surface area contributed by atoms with Crippen LogP contribution in [0.5, 0.6) is 0 Å². The monoisotopic (exact) mass is 485 g/mol. The summed E-state index contributed by atoms with van der Waals surface area (Å²) in [5.74, 6) is -1.40. The molecule has 10 heteroatoms. The number of esters is 2. The van der Waals surface area contributed by atoms with Crippen LogP contribution in [0.3, 0.4) is 0 Å². The maximum Gasteiger partial charge on any atom is 0.348 e. The highest BCUT2D eigenvalue weighted by molar-refractivity contribution is 9.10. The molecule has 0 spiro atoms. The average Bonchev–Trinajstić information content (AvgIpc) is 3.17. The van der Waals surface area contributed by atoms with Crippen molar-refractivity contribution in [2.45, 2.75) is 47.1 Å². The first kappa shape index (κ1) is 23.1. The van der Waals surface area contributed by atoms with Crippen LogP contribution in [-0.4, -0.2) is 40.8 Å². The fourth-order valence-corrected chi connectivity index (χ4v) is 3.95. The molecule has 0 aliphatic carbocycles. The number of carbonyl (C=O) groups excluding carboxylic acids is 3. The number of hydrogen-bond acceptors (Lipinski definition) is 7. The molecule has 2 aromatic rings. The van der Waals surface area contributed by atoms with E-state index in [1.807, 2.05) is 13.8 Å². The molecule has 1 N–H and O–H groups in total. The molecule has 158 valence electrons. The number of nitrogens with zero attached hydrogens (tertiary/aromatic N) is 2. The van der Waals surface area contributed by atoms with Gasteiger partial charge in [-0.05, 0) is 48.7 Å². The molecule has 0 aromatic carbocycles. The second-order valence-electron chi connectivity index (χ2n) is 6.22. The van der Waals surface area contributed by atoms with Gasteiger partial charge in [0.05, 0.1) is 36.0 Å². The Balaban J connectivity index is 2.21. The lowest BCUT2D eigenvalue weighted by atomic mass is 10.1. The summed E-state index contributed by atoms with van der Waals surface area (Å²) in [6, 6.07) is 0. The van der Waals surface area contributed by atoms with Crippen LogP contribution in [0.1, 0.15) is 58.0 Å². The van der Waals surface area contributed by atoms with Gasteiger partial charge in [-0.15, -0.1) is 11.3 Å². The van der Waals surface area contributed by atoms with E-state index in [0.717, 1.165) is 21.5 Å². The lowest BCUT2D eigenvalue weighted by molar-refractivity contribution is -0.116. The molecule has 8 nitrogen and oxygen atoms in total. The Morgan fingerprint density at radius 3 is 2.52 bits per heavy atom. The van der Waals surface area contributed by atoms with E-state index < -0.39 is 11.9 Å². The molecule has 0 atom stereocenters. The molecule has 0 saturated carbocycles. The molecule has 29 heavy (non-hydrogen) atoms. The predicted molar refractivity (Wildman–Crippen MR) is 113 cm³/mol. The average molecular weight is 486 g/mol. The summed E-state index contributed by atoms with van der Waals surface area (Å²) < 4.78 is 12.9. The summed E-state index contributed by atoms with van der Waals surface area (Å²) in [5.41, 5.74) is 1.55. The third-order valence-electron chi connectivity index (χ3n) is 4.10. The van der Waals surface area contributed by atoms with Crippen LogP contribution in [0.2, 0.25) is 0 Å². The van der Waals surface area contributed by atoms with Crippen LogP contribution in [0.4, 0.5) is 5.00 Å². The number of carbonyl (C=O) groups is 3. The summed E-state index contributed by atoms with van der Waals surface area (Å²) in [5, 5.41) is 7.22. The zero-order valence-corrected chi connectivity index (χ0v) is 19.2. The number of thiophene rings is 1. The second-order valence-corrected chi connectivity index (χ2v) is 8.09. The first-order valence-corrected chi connectivity index (χ1v) is 10.9. The van der Waals surface area contributed by atoms with Gasteiger partial charge in [-0.3, -0.25) is 9.48 Å². The van der Waals surface area contributed by atoms with Crippen LogP contribution in [-0.2, 0) is 20.8 Å². The predicted octanol–water partition coefficient (Wildman–Crippen LogP) is 4.10. The highest BCUT2D eigenvalue weighted by Crippen LogP contribution is 2.34. The molecular formula is C19H24BrN3O5S. The summed E-state index contributed by atoms with van der Waals surface area (Å²) in [4.78, 5) is 37.5. The first-order valence-electron chi connectivity index (χ1n) is 9.25. The van der Waals surface area contributed by atoms with Crippen molar-refractivity contribution in [3.05, 3.63) is 32.4 Å². The Morgan fingerprint density at radius 1 is 1.21 bits per heavy atom. The van der Waals surface area contributed by atoms with E-state index in [1.165, 1.54) is 0 Å². The van der Waals surface area contributed by atoms with Gasteiger partial charge in [-0.2, -0.15) is 5.10 Å². The van der Waals surface area contributed by atoms with E-state index in [1.54, 1.807) is 24.7 Å². The van der Waals surface area contributed by atoms with E-state index in [2.05, 4.69) is 26.3 Å². The molecule has 0 fully saturated rings. The van der Waals surface area contributed by atoms with Crippen molar-refractivity contribution in [3.63, 3.8) is 0 Å². The quantitative estimate of drug-likeness (QED) is 0.536. The van der Waals surface area contributed by atoms with E-state index in [4.69, 9.17) is 9.47 Å². The largest absolute Gasteiger partial charge is 0.462 e. The number of halogens is 1. The highest BCUT2D eigenvalue weighted by atomic mass is 79.9. The lowest BCUT2D eigenvalue weighted by Gasteiger charge is -2.08. The van der Waals surface area contributed by atoms with Crippen LogP contribution >= 0.6 is 27.3 Å². The van der Waals surface area contributed by atoms with Gasteiger partial charge in [0.25, 0.3) is 0 Å². The van der Waals surface area contributed by atoms with Crippen molar-refractivity contribution in [1.82, 2.24) is 9.78 Å². The fraction of sp³-hybridized carbons (Fsp3) is 0.474. The van der Waals surface area contributed by atoms with Gasteiger partial charge in [0.1, 0.15) is 9.88 Å². The van der Waals surface area contributed by atoms with Crippen LogP contribution in [0, 0.1) is 13.8 Å². The van der Waals surface area contributed by atoms with Gasteiger partial charge in [-0.25, -0.2) is 9.59 Å². The van der Waals surface area contributed by atoms with Crippen molar-refractivity contribution in [1.29, 1.82) is 0 Å². The Bertz CT molecular complexity index is 906. The lowest BCUT2D eigenvalue weighted by Crippen LogP contribution is -2.17. The zero-order chi connectivity index (χ0) is 21.6. The summed E-state index contributed by atoms with van der Waals surface area (Å²) >= 11 is 4.40. The smallest absolute Gasteiger partial charge is 0.348 e. The molecule has 0 aliphatic heterocycles. The molecule has 0 saturated heterocycles. The number of nitrogens with one attached hydrogen (secondary N) is 1. The summed E-state index contributed by atoms with van der Waals surface area (Å²) in [7, 11) is 0. The number of aryl methyl sites for hydroxylation is 1. The normalized spacial score (nSPS) is 10.7. The van der Waals surface area contributed by atoms with Crippen molar-refractivity contribution in [2.75, 3.05) is 18.5 Å². The Labute approximate surface area is 181 Å². The van der Waals surface area contributed by atoms with Gasteiger partial charge >= 0.3 is 11.9 Å². The minimum atomic E-state index is -0.571. The minimum Gasteiger partial charge on any atom is -0.462 e. The van der Waals surface area contributed by atoms with E-state index in [9.17, 15) is 14.4 Å². The Hall–Kier alpha value is -2.20. The zero-order valence-electron chi connectivity index (χ0n) is 16.8. The van der Waals surface area contributed by atoms with E-state index in [0.29, 0.717) is 18.5 Å². The van der Waals surface area contributed by atoms with Crippen molar-refractivity contribution in [3.8, 4) is 0 Å². The van der Waals surface area contributed by atoms with Gasteiger partial charge < -0.3 is 14.8 Å². The topological polar surface area (TPSA) is 99.5 Å². The second kappa shape index (κ2) is 10.5. The minimum absolute atomic E-state index is 0.157. The third-order valence-corrected chi connectivity index (χ3v) is 6.06. The fourth-order valence-electron chi connectivity index (χ4n) is 2.55. The number of aromatic nitrogens is 2. The molecule has 1 amide bonds. The SMILES string of the molecule is CCCOC(=O)c1c(NC(=O)CCn2ncc(Br)c2C)sc(C(=O)OCC)c1C. The van der Waals surface area contributed by atoms with Gasteiger partial charge in [0, 0.05) is 12.1 Å². The Kier molecular flexibility index (Phi) is 8.39. The molecule has 0 aliphatic rings. The summed E-state index contributed by atoms with van der Waals surface area (Å²) in [6.07, 6.45) is 2.49. The summed E-state index contributed by atoms with van der Waals surface area (Å²) in [6.45, 7) is 7.98. The number of anilines is 1. The molecule has 2 heterocycles.